The molecule has 6 heteroatoms. The lowest BCUT2D eigenvalue weighted by molar-refractivity contribution is -0.115. The largest absolute Gasteiger partial charge is 0.351 e. The second-order valence-corrected chi connectivity index (χ2v) is 6.45. The highest BCUT2D eigenvalue weighted by molar-refractivity contribution is 9.10. The molecule has 0 bridgehead atoms. The lowest BCUT2D eigenvalue weighted by Crippen LogP contribution is -2.19. The van der Waals surface area contributed by atoms with E-state index in [0.29, 0.717) is 10.1 Å². The fourth-order valence-electron chi connectivity index (χ4n) is 1.87. The first-order chi connectivity index (χ1) is 10.1. The number of thioether (sulfide) groups is 1. The van der Waals surface area contributed by atoms with Gasteiger partial charge in [-0.2, -0.15) is 0 Å². The molecule has 4 nitrogen and oxygen atoms in total. The van der Waals surface area contributed by atoms with E-state index in [-0.39, 0.29) is 5.91 Å². The van der Waals surface area contributed by atoms with Crippen molar-refractivity contribution < 1.29 is 4.79 Å². The SMILES string of the molecule is Cn1cccc1/C=C1/SC(=Nc2ccc(Br)cc2)NC1=O. The molecule has 21 heavy (non-hydrogen) atoms. The third-order valence-electron chi connectivity index (χ3n) is 2.97. The number of nitrogens with one attached hydrogen (secondary N) is 1. The summed E-state index contributed by atoms with van der Waals surface area (Å²) in [5, 5.41) is 3.38. The summed E-state index contributed by atoms with van der Waals surface area (Å²) in [4.78, 5) is 17.0. The van der Waals surface area contributed by atoms with Gasteiger partial charge in [-0.15, -0.1) is 0 Å². The Bertz CT molecular complexity index is 747. The highest BCUT2D eigenvalue weighted by Crippen LogP contribution is 2.28. The third-order valence-corrected chi connectivity index (χ3v) is 4.41. The fourth-order valence-corrected chi connectivity index (χ4v) is 2.96. The van der Waals surface area contributed by atoms with Gasteiger partial charge in [-0.05, 0) is 54.2 Å². The van der Waals surface area contributed by atoms with E-state index in [1.165, 1.54) is 11.8 Å². The minimum atomic E-state index is -0.114. The van der Waals surface area contributed by atoms with Crippen LogP contribution in [-0.2, 0) is 11.8 Å². The van der Waals surface area contributed by atoms with Crippen LogP contribution >= 0.6 is 27.7 Å². The van der Waals surface area contributed by atoms with Gasteiger partial charge in [-0.3, -0.25) is 4.79 Å². The highest BCUT2D eigenvalue weighted by atomic mass is 79.9. The normalized spacial score (nSPS) is 18.5. The lowest BCUT2D eigenvalue weighted by atomic mass is 10.3. The number of rotatable bonds is 2. The summed E-state index contributed by atoms with van der Waals surface area (Å²) in [5.41, 5.74) is 1.79. The second-order valence-electron chi connectivity index (χ2n) is 4.50. The predicted octanol–water partition coefficient (Wildman–Crippen LogP) is 3.68. The monoisotopic (exact) mass is 361 g/mol. The van der Waals surface area contributed by atoms with Gasteiger partial charge in [0.25, 0.3) is 5.91 Å². The van der Waals surface area contributed by atoms with Crippen LogP contribution in [0.1, 0.15) is 5.69 Å². The van der Waals surface area contributed by atoms with Gasteiger partial charge in [0.15, 0.2) is 5.17 Å². The summed E-state index contributed by atoms with van der Waals surface area (Å²) in [6.45, 7) is 0. The van der Waals surface area contributed by atoms with Gasteiger partial charge in [0.1, 0.15) is 0 Å². The van der Waals surface area contributed by atoms with Crippen LogP contribution in [0.5, 0.6) is 0 Å². The zero-order valence-electron chi connectivity index (χ0n) is 11.2. The molecule has 0 atom stereocenters. The Hall–Kier alpha value is -1.79. The maximum absolute atomic E-state index is 12.0. The van der Waals surface area contributed by atoms with E-state index in [1.54, 1.807) is 0 Å². The van der Waals surface area contributed by atoms with Gasteiger partial charge >= 0.3 is 0 Å². The van der Waals surface area contributed by atoms with Crippen LogP contribution in [-0.4, -0.2) is 15.6 Å². The molecule has 2 aromatic rings. The molecule has 0 unspecified atom stereocenters. The summed E-state index contributed by atoms with van der Waals surface area (Å²) in [7, 11) is 1.95. The molecule has 3 rings (SSSR count). The fraction of sp³-hybridized carbons (Fsp3) is 0.0667. The molecule has 0 radical (unpaired) electrons. The van der Waals surface area contributed by atoms with Crippen molar-refractivity contribution in [3.05, 3.63) is 57.7 Å². The molecule has 1 saturated heterocycles. The number of amides is 1. The third kappa shape index (κ3) is 3.28. The number of halogens is 1. The van der Waals surface area contributed by atoms with Crippen molar-refractivity contribution in [2.75, 3.05) is 0 Å². The number of benzene rings is 1. The average Bonchev–Trinajstić information content (AvgIpc) is 3.00. The van der Waals surface area contributed by atoms with Gasteiger partial charge in [-0.1, -0.05) is 15.9 Å². The topological polar surface area (TPSA) is 46.4 Å². The standard InChI is InChI=1S/C15H12BrN3OS/c1-19-8-2-3-12(19)9-13-14(20)18-15(21-13)17-11-6-4-10(16)5-7-11/h2-9H,1H3,(H,17,18,20)/b13-9+. The van der Waals surface area contributed by atoms with Crippen LogP contribution in [0.4, 0.5) is 5.69 Å². The van der Waals surface area contributed by atoms with Gasteiger partial charge in [0.2, 0.25) is 0 Å². The molecule has 106 valence electrons. The summed E-state index contributed by atoms with van der Waals surface area (Å²) in [5.74, 6) is -0.114. The summed E-state index contributed by atoms with van der Waals surface area (Å²) >= 11 is 4.73. The van der Waals surface area contributed by atoms with E-state index in [2.05, 4.69) is 26.2 Å². The zero-order valence-corrected chi connectivity index (χ0v) is 13.6. The van der Waals surface area contributed by atoms with Crippen molar-refractivity contribution in [3.8, 4) is 0 Å². The van der Waals surface area contributed by atoms with Gasteiger partial charge in [-0.25, -0.2) is 4.99 Å². The molecule has 1 aromatic carbocycles. The molecule has 0 spiro atoms. The van der Waals surface area contributed by atoms with Crippen molar-refractivity contribution >= 4 is 50.5 Å². The Morgan fingerprint density at radius 2 is 2.05 bits per heavy atom. The van der Waals surface area contributed by atoms with Crippen LogP contribution in [0.3, 0.4) is 0 Å². The quantitative estimate of drug-likeness (QED) is 0.829. The number of hydrogen-bond acceptors (Lipinski definition) is 3. The molecule has 1 fully saturated rings. The maximum Gasteiger partial charge on any atom is 0.264 e. The number of aryl methyl sites for hydroxylation is 1. The van der Waals surface area contributed by atoms with Crippen molar-refractivity contribution in [2.45, 2.75) is 0 Å². The Morgan fingerprint density at radius 3 is 2.71 bits per heavy atom. The van der Waals surface area contributed by atoms with Crippen LogP contribution in [0.2, 0.25) is 0 Å². The number of nitrogens with zero attached hydrogens (tertiary/aromatic N) is 2. The number of aromatic nitrogens is 1. The number of carbonyl (C=O) groups is 1. The van der Waals surface area contributed by atoms with Crippen molar-refractivity contribution in [1.82, 2.24) is 9.88 Å². The molecule has 1 aliphatic heterocycles. The van der Waals surface area contributed by atoms with E-state index < -0.39 is 0 Å². The first-order valence-corrected chi connectivity index (χ1v) is 7.89. The van der Waals surface area contributed by atoms with E-state index in [0.717, 1.165) is 15.9 Å². The van der Waals surface area contributed by atoms with E-state index in [4.69, 9.17) is 0 Å². The minimum Gasteiger partial charge on any atom is -0.351 e. The highest BCUT2D eigenvalue weighted by Gasteiger charge is 2.24. The van der Waals surface area contributed by atoms with E-state index in [1.807, 2.05) is 60.3 Å². The molecular weight excluding hydrogens is 350 g/mol. The molecule has 0 aliphatic carbocycles. The van der Waals surface area contributed by atoms with E-state index >= 15 is 0 Å². The first kappa shape index (κ1) is 14.2. The van der Waals surface area contributed by atoms with Crippen LogP contribution in [0.25, 0.3) is 6.08 Å². The van der Waals surface area contributed by atoms with Crippen LogP contribution in [0, 0.1) is 0 Å². The maximum atomic E-state index is 12.0. The lowest BCUT2D eigenvalue weighted by Gasteiger charge is -1.97. The summed E-state index contributed by atoms with van der Waals surface area (Å²) < 4.78 is 2.96. The van der Waals surface area contributed by atoms with Crippen molar-refractivity contribution in [3.63, 3.8) is 0 Å². The van der Waals surface area contributed by atoms with Crippen LogP contribution in [0.15, 0.2) is 57.0 Å². The minimum absolute atomic E-state index is 0.114. The smallest absolute Gasteiger partial charge is 0.264 e. The molecule has 1 aliphatic rings. The Labute approximate surface area is 135 Å². The molecular formula is C15H12BrN3OS. The van der Waals surface area contributed by atoms with Crippen LogP contribution < -0.4 is 5.32 Å². The number of aliphatic imine (C=N–C) groups is 1. The Morgan fingerprint density at radius 1 is 1.29 bits per heavy atom. The predicted molar refractivity (Wildman–Crippen MR) is 90.4 cm³/mol. The van der Waals surface area contributed by atoms with Gasteiger partial charge in [0, 0.05) is 23.4 Å². The Balaban J connectivity index is 1.83. The molecule has 1 N–H and O–H groups in total. The molecule has 0 saturated carbocycles. The number of carbonyl (C=O) groups excluding carboxylic acids is 1. The molecule has 1 aromatic heterocycles. The number of amidine groups is 1. The first-order valence-electron chi connectivity index (χ1n) is 6.28. The van der Waals surface area contributed by atoms with E-state index in [9.17, 15) is 4.79 Å². The second kappa shape index (κ2) is 5.91. The molecule has 2 heterocycles. The number of hydrogen-bond donors (Lipinski definition) is 1. The average molecular weight is 362 g/mol. The van der Waals surface area contributed by atoms with Crippen molar-refractivity contribution in [2.24, 2.45) is 12.0 Å². The molecule has 1 amide bonds. The van der Waals surface area contributed by atoms with Crippen molar-refractivity contribution in [1.29, 1.82) is 0 Å². The summed E-state index contributed by atoms with van der Waals surface area (Å²) in [6.07, 6.45) is 3.81. The Kier molecular flexibility index (Phi) is 3.98. The van der Waals surface area contributed by atoms with Gasteiger partial charge in [0.05, 0.1) is 10.6 Å². The summed E-state index contributed by atoms with van der Waals surface area (Å²) in [6, 6.07) is 11.5. The van der Waals surface area contributed by atoms with Gasteiger partial charge < -0.3 is 9.88 Å². The zero-order chi connectivity index (χ0) is 14.8.